The molecule has 1 N–H and O–H groups in total. The highest BCUT2D eigenvalue weighted by Gasteiger charge is 2.15. The van der Waals surface area contributed by atoms with Crippen molar-refractivity contribution < 1.29 is 4.79 Å². The summed E-state index contributed by atoms with van der Waals surface area (Å²) in [5.74, 6) is 0.278. The van der Waals surface area contributed by atoms with Crippen LogP contribution in [0.15, 0.2) is 18.2 Å². The molecule has 1 saturated heterocycles. The molecule has 2 rings (SSSR count). The molecule has 0 aromatic heterocycles. The fourth-order valence-electron chi connectivity index (χ4n) is 2.37. The number of amides is 1. The molecule has 3 nitrogen and oxygen atoms in total. The summed E-state index contributed by atoms with van der Waals surface area (Å²) in [6.45, 7) is 3.50. The summed E-state index contributed by atoms with van der Waals surface area (Å²) < 4.78 is 0. The highest BCUT2D eigenvalue weighted by atomic mass is 35.5. The van der Waals surface area contributed by atoms with Crippen LogP contribution in [0.25, 0.3) is 0 Å². The Labute approximate surface area is 142 Å². The second-order valence-corrected chi connectivity index (χ2v) is 5.90. The van der Waals surface area contributed by atoms with Gasteiger partial charge in [-0.25, -0.2) is 0 Å². The third-order valence-electron chi connectivity index (χ3n) is 3.56. The Hall–Kier alpha value is -0.480. The number of hydrogen-bond acceptors (Lipinski definition) is 2. The van der Waals surface area contributed by atoms with Crippen molar-refractivity contribution in [2.24, 2.45) is 0 Å². The lowest BCUT2D eigenvalue weighted by molar-refractivity contribution is -0.131. The van der Waals surface area contributed by atoms with Crippen LogP contribution in [0.3, 0.4) is 0 Å². The Kier molecular flexibility index (Phi) is 8.42. The van der Waals surface area contributed by atoms with Crippen molar-refractivity contribution in [3.05, 3.63) is 33.8 Å². The van der Waals surface area contributed by atoms with E-state index >= 15 is 0 Å². The van der Waals surface area contributed by atoms with Crippen LogP contribution in [0.4, 0.5) is 0 Å². The van der Waals surface area contributed by atoms with E-state index in [-0.39, 0.29) is 18.3 Å². The molecule has 1 aliphatic heterocycles. The summed E-state index contributed by atoms with van der Waals surface area (Å²) >= 11 is 11.9. The third-order valence-corrected chi connectivity index (χ3v) is 4.30. The molecule has 6 heteroatoms. The summed E-state index contributed by atoms with van der Waals surface area (Å²) in [5.41, 5.74) is 1.18. The second kappa shape index (κ2) is 9.52. The molecule has 0 atom stereocenters. The smallest absolute Gasteiger partial charge is 0.222 e. The molecule has 1 aromatic carbocycles. The van der Waals surface area contributed by atoms with Crippen molar-refractivity contribution in [2.45, 2.75) is 25.7 Å². The molecule has 21 heavy (non-hydrogen) atoms. The number of carbonyl (C=O) groups is 1. The highest BCUT2D eigenvalue weighted by Crippen LogP contribution is 2.23. The lowest BCUT2D eigenvalue weighted by Gasteiger charge is -2.27. The number of nitrogens with zero attached hydrogens (tertiary/aromatic N) is 1. The molecule has 118 valence electrons. The van der Waals surface area contributed by atoms with Gasteiger partial charge in [0.2, 0.25) is 5.91 Å². The maximum Gasteiger partial charge on any atom is 0.222 e. The van der Waals surface area contributed by atoms with E-state index in [1.807, 2.05) is 23.1 Å². The maximum atomic E-state index is 12.0. The van der Waals surface area contributed by atoms with E-state index in [9.17, 15) is 4.79 Å². The number of benzene rings is 1. The lowest BCUT2D eigenvalue weighted by Crippen LogP contribution is -2.46. The van der Waals surface area contributed by atoms with Gasteiger partial charge in [0.25, 0.3) is 0 Å². The van der Waals surface area contributed by atoms with Gasteiger partial charge in [-0.15, -0.1) is 12.4 Å². The molecule has 1 aromatic rings. The molecule has 0 spiro atoms. The van der Waals surface area contributed by atoms with Gasteiger partial charge < -0.3 is 10.2 Å². The van der Waals surface area contributed by atoms with Gasteiger partial charge >= 0.3 is 0 Å². The zero-order valence-electron chi connectivity index (χ0n) is 11.9. The molecular weight excluding hydrogens is 331 g/mol. The van der Waals surface area contributed by atoms with E-state index in [1.54, 1.807) is 0 Å². The van der Waals surface area contributed by atoms with Crippen LogP contribution in [0, 0.1) is 0 Å². The molecule has 0 aliphatic carbocycles. The Morgan fingerprint density at radius 2 is 1.86 bits per heavy atom. The topological polar surface area (TPSA) is 32.3 Å². The van der Waals surface area contributed by atoms with Crippen LogP contribution < -0.4 is 5.32 Å². The van der Waals surface area contributed by atoms with Gasteiger partial charge in [0.05, 0.1) is 10.0 Å². The van der Waals surface area contributed by atoms with E-state index in [0.29, 0.717) is 16.5 Å². The van der Waals surface area contributed by atoms with E-state index < -0.39 is 0 Å². The molecule has 0 radical (unpaired) electrons. The van der Waals surface area contributed by atoms with Crippen LogP contribution in [0.1, 0.15) is 24.8 Å². The van der Waals surface area contributed by atoms with Crippen molar-refractivity contribution in [1.29, 1.82) is 0 Å². The van der Waals surface area contributed by atoms with Crippen molar-refractivity contribution in [1.82, 2.24) is 10.2 Å². The van der Waals surface area contributed by atoms with E-state index in [1.165, 1.54) is 5.56 Å². The van der Waals surface area contributed by atoms with Gasteiger partial charge in [0.15, 0.2) is 0 Å². The van der Waals surface area contributed by atoms with Crippen molar-refractivity contribution in [3.63, 3.8) is 0 Å². The summed E-state index contributed by atoms with van der Waals surface area (Å²) in [7, 11) is 0. The van der Waals surface area contributed by atoms with Crippen LogP contribution in [0.5, 0.6) is 0 Å². The number of nitrogens with one attached hydrogen (secondary N) is 1. The number of hydrogen-bond donors (Lipinski definition) is 1. The molecule has 1 fully saturated rings. The van der Waals surface area contributed by atoms with Crippen LogP contribution in [-0.2, 0) is 11.2 Å². The Bertz CT molecular complexity index is 462. The van der Waals surface area contributed by atoms with Gasteiger partial charge in [-0.3, -0.25) is 4.79 Å². The van der Waals surface area contributed by atoms with Crippen LogP contribution >= 0.6 is 35.6 Å². The van der Waals surface area contributed by atoms with Crippen molar-refractivity contribution in [3.8, 4) is 0 Å². The first kappa shape index (κ1) is 18.6. The minimum Gasteiger partial charge on any atom is -0.340 e. The zero-order chi connectivity index (χ0) is 14.4. The molecule has 0 saturated carbocycles. The van der Waals surface area contributed by atoms with Gasteiger partial charge in [-0.05, 0) is 37.0 Å². The van der Waals surface area contributed by atoms with Crippen LogP contribution in [0.2, 0.25) is 10.0 Å². The van der Waals surface area contributed by atoms with Crippen molar-refractivity contribution in [2.75, 3.05) is 26.2 Å². The van der Waals surface area contributed by atoms with Crippen LogP contribution in [-0.4, -0.2) is 37.0 Å². The first-order chi connectivity index (χ1) is 9.66. The number of unbranched alkanes of at least 4 members (excludes halogenated alkanes) is 1. The second-order valence-electron chi connectivity index (χ2n) is 5.09. The number of halogens is 3. The van der Waals surface area contributed by atoms with Gasteiger partial charge in [0, 0.05) is 32.6 Å². The zero-order valence-corrected chi connectivity index (χ0v) is 14.2. The molecule has 1 amide bonds. The Morgan fingerprint density at radius 3 is 2.52 bits per heavy atom. The van der Waals surface area contributed by atoms with E-state index in [2.05, 4.69) is 5.32 Å². The minimum absolute atomic E-state index is 0. The molecular formula is C15H21Cl3N2O. The number of carbonyl (C=O) groups excluding carboxylic acids is 1. The van der Waals surface area contributed by atoms with Crippen molar-refractivity contribution >= 4 is 41.5 Å². The monoisotopic (exact) mass is 350 g/mol. The predicted octanol–water partition coefficient (Wildman–Crippen LogP) is 3.56. The first-order valence-electron chi connectivity index (χ1n) is 7.09. The van der Waals surface area contributed by atoms with Gasteiger partial charge in [-0.1, -0.05) is 29.3 Å². The Balaban J connectivity index is 0.00000220. The normalized spacial score (nSPS) is 14.7. The highest BCUT2D eigenvalue weighted by molar-refractivity contribution is 6.42. The van der Waals surface area contributed by atoms with E-state index in [4.69, 9.17) is 23.2 Å². The SMILES string of the molecule is Cl.O=C(CCCCc1ccc(Cl)c(Cl)c1)N1CCNCC1. The quantitative estimate of drug-likeness (QED) is 0.823. The third kappa shape index (κ3) is 6.03. The fraction of sp³-hybridized carbons (Fsp3) is 0.533. The summed E-state index contributed by atoms with van der Waals surface area (Å²) in [6, 6.07) is 5.72. The standard InChI is InChI=1S/C15H20Cl2N2O.ClH/c16-13-6-5-12(11-14(13)17)3-1-2-4-15(20)19-9-7-18-8-10-19;/h5-6,11,18H,1-4,7-10H2;1H. The fourth-order valence-corrected chi connectivity index (χ4v) is 2.69. The average molecular weight is 352 g/mol. The molecule has 0 bridgehead atoms. The van der Waals surface area contributed by atoms with Gasteiger partial charge in [0.1, 0.15) is 0 Å². The largest absolute Gasteiger partial charge is 0.340 e. The number of piperazine rings is 1. The number of aryl methyl sites for hydroxylation is 1. The molecule has 1 heterocycles. The summed E-state index contributed by atoms with van der Waals surface area (Å²) in [6.07, 6.45) is 3.49. The lowest BCUT2D eigenvalue weighted by atomic mass is 10.1. The Morgan fingerprint density at radius 1 is 1.14 bits per heavy atom. The maximum absolute atomic E-state index is 12.0. The first-order valence-corrected chi connectivity index (χ1v) is 7.85. The number of rotatable bonds is 5. The van der Waals surface area contributed by atoms with Gasteiger partial charge in [-0.2, -0.15) is 0 Å². The van der Waals surface area contributed by atoms with E-state index in [0.717, 1.165) is 45.4 Å². The summed E-state index contributed by atoms with van der Waals surface area (Å²) in [5, 5.41) is 4.44. The molecule has 1 aliphatic rings. The molecule has 0 unspecified atom stereocenters. The summed E-state index contributed by atoms with van der Waals surface area (Å²) in [4.78, 5) is 13.9. The predicted molar refractivity (Wildman–Crippen MR) is 90.7 cm³/mol. The minimum atomic E-state index is 0. The average Bonchev–Trinajstić information content (AvgIpc) is 2.48.